The van der Waals surface area contributed by atoms with E-state index in [4.69, 9.17) is 0 Å². The molecule has 6 heteroatoms. The zero-order valence-electron chi connectivity index (χ0n) is 15.9. The number of thiazole rings is 1. The van der Waals surface area contributed by atoms with Crippen LogP contribution in [0.15, 0.2) is 18.2 Å². The molecule has 0 atom stereocenters. The van der Waals surface area contributed by atoms with Crippen molar-refractivity contribution in [1.29, 1.82) is 0 Å². The second kappa shape index (κ2) is 5.91. The first-order valence-electron chi connectivity index (χ1n) is 9.02. The van der Waals surface area contributed by atoms with Crippen LogP contribution in [-0.2, 0) is 5.54 Å². The number of carbonyl (C=O) groups excluding carboxylic acids is 1. The van der Waals surface area contributed by atoms with Crippen molar-refractivity contribution in [3.05, 3.63) is 40.7 Å². The third-order valence-electron chi connectivity index (χ3n) is 4.76. The van der Waals surface area contributed by atoms with Crippen LogP contribution >= 0.6 is 11.3 Å². The van der Waals surface area contributed by atoms with E-state index >= 15 is 0 Å². The van der Waals surface area contributed by atoms with Crippen molar-refractivity contribution in [2.75, 3.05) is 5.32 Å². The molecule has 0 aliphatic heterocycles. The van der Waals surface area contributed by atoms with Crippen LogP contribution in [0.3, 0.4) is 0 Å². The predicted molar refractivity (Wildman–Crippen MR) is 106 cm³/mol. The number of nitrogens with zero attached hydrogens (tertiary/aromatic N) is 3. The number of aromatic nitrogens is 3. The molecule has 2 heterocycles. The highest BCUT2D eigenvalue weighted by atomic mass is 32.1. The Kier molecular flexibility index (Phi) is 3.91. The van der Waals surface area contributed by atoms with E-state index in [2.05, 4.69) is 55.2 Å². The van der Waals surface area contributed by atoms with Gasteiger partial charge >= 0.3 is 0 Å². The van der Waals surface area contributed by atoms with E-state index < -0.39 is 0 Å². The fraction of sp³-hybridized carbons (Fsp3) is 0.450. The smallest absolute Gasteiger partial charge is 0.277 e. The van der Waals surface area contributed by atoms with Gasteiger partial charge in [0.15, 0.2) is 10.8 Å². The maximum absolute atomic E-state index is 12.8. The van der Waals surface area contributed by atoms with Gasteiger partial charge in [0.25, 0.3) is 5.91 Å². The number of hydrogen-bond donors (Lipinski definition) is 1. The molecule has 2 aromatic heterocycles. The Balaban J connectivity index is 1.65. The SMILES string of the molecule is Cc1ccc(C)c2sc(NC(=O)c3cc(C4CC4)n(C(C)(C)C)n3)nc12. The third kappa shape index (κ3) is 3.03. The molecule has 3 aromatic rings. The quantitative estimate of drug-likeness (QED) is 0.708. The minimum Gasteiger partial charge on any atom is -0.296 e. The molecule has 136 valence electrons. The molecule has 1 aromatic carbocycles. The molecule has 0 unspecified atom stereocenters. The van der Waals surface area contributed by atoms with E-state index in [1.807, 2.05) is 17.7 Å². The zero-order valence-corrected chi connectivity index (χ0v) is 16.7. The number of nitrogens with one attached hydrogen (secondary N) is 1. The molecule has 0 spiro atoms. The van der Waals surface area contributed by atoms with Gasteiger partial charge < -0.3 is 0 Å². The summed E-state index contributed by atoms with van der Waals surface area (Å²) in [6.07, 6.45) is 2.36. The van der Waals surface area contributed by atoms with E-state index in [0.29, 0.717) is 16.7 Å². The summed E-state index contributed by atoms with van der Waals surface area (Å²) < 4.78 is 3.13. The molecule has 1 aliphatic rings. The van der Waals surface area contributed by atoms with Crippen LogP contribution in [0.25, 0.3) is 10.2 Å². The fourth-order valence-corrected chi connectivity index (χ4v) is 4.19. The minimum absolute atomic E-state index is 0.138. The number of benzene rings is 1. The minimum atomic E-state index is -0.190. The molecule has 1 saturated carbocycles. The molecule has 0 radical (unpaired) electrons. The first-order chi connectivity index (χ1) is 12.2. The zero-order chi connectivity index (χ0) is 18.6. The molecule has 1 fully saturated rings. The van der Waals surface area contributed by atoms with Gasteiger partial charge in [-0.05, 0) is 64.7 Å². The highest BCUT2D eigenvalue weighted by molar-refractivity contribution is 7.22. The van der Waals surface area contributed by atoms with Crippen molar-refractivity contribution in [3.8, 4) is 0 Å². The molecule has 4 rings (SSSR count). The number of aryl methyl sites for hydroxylation is 2. The summed E-state index contributed by atoms with van der Waals surface area (Å²) in [7, 11) is 0. The fourth-order valence-electron chi connectivity index (χ4n) is 3.19. The van der Waals surface area contributed by atoms with Crippen LogP contribution in [0.2, 0.25) is 0 Å². The molecular formula is C20H24N4OS. The van der Waals surface area contributed by atoms with Crippen molar-refractivity contribution in [2.24, 2.45) is 0 Å². The Morgan fingerprint density at radius 2 is 1.92 bits per heavy atom. The second-order valence-electron chi connectivity index (χ2n) is 8.16. The first kappa shape index (κ1) is 17.2. The van der Waals surface area contributed by atoms with E-state index in [9.17, 15) is 4.79 Å². The second-order valence-corrected chi connectivity index (χ2v) is 9.16. The van der Waals surface area contributed by atoms with Gasteiger partial charge in [-0.25, -0.2) is 4.98 Å². The Morgan fingerprint density at radius 1 is 1.23 bits per heavy atom. The lowest BCUT2D eigenvalue weighted by Crippen LogP contribution is -2.25. The molecule has 0 bridgehead atoms. The van der Waals surface area contributed by atoms with Crippen molar-refractivity contribution < 1.29 is 4.79 Å². The van der Waals surface area contributed by atoms with Gasteiger partial charge in [0.2, 0.25) is 0 Å². The molecule has 0 saturated heterocycles. The average molecular weight is 369 g/mol. The van der Waals surface area contributed by atoms with Crippen LogP contribution in [-0.4, -0.2) is 20.7 Å². The Labute approximate surface area is 157 Å². The lowest BCUT2D eigenvalue weighted by atomic mass is 10.1. The maximum atomic E-state index is 12.8. The molecular weight excluding hydrogens is 344 g/mol. The van der Waals surface area contributed by atoms with Crippen LogP contribution in [0, 0.1) is 13.8 Å². The summed E-state index contributed by atoms with van der Waals surface area (Å²) in [6, 6.07) is 6.10. The van der Waals surface area contributed by atoms with Crippen LogP contribution < -0.4 is 5.32 Å². The molecule has 1 N–H and O–H groups in total. The highest BCUT2D eigenvalue weighted by Gasteiger charge is 2.32. The van der Waals surface area contributed by atoms with Crippen LogP contribution in [0.4, 0.5) is 5.13 Å². The molecule has 26 heavy (non-hydrogen) atoms. The lowest BCUT2D eigenvalue weighted by Gasteiger charge is -2.22. The summed E-state index contributed by atoms with van der Waals surface area (Å²) in [4.78, 5) is 17.4. The summed E-state index contributed by atoms with van der Waals surface area (Å²) >= 11 is 1.52. The van der Waals surface area contributed by atoms with E-state index in [1.165, 1.54) is 35.4 Å². The van der Waals surface area contributed by atoms with Crippen LogP contribution in [0.5, 0.6) is 0 Å². The van der Waals surface area contributed by atoms with E-state index in [1.54, 1.807) is 0 Å². The highest BCUT2D eigenvalue weighted by Crippen LogP contribution is 2.42. The number of hydrogen-bond acceptors (Lipinski definition) is 4. The lowest BCUT2D eigenvalue weighted by molar-refractivity contribution is 0.102. The Morgan fingerprint density at radius 3 is 2.54 bits per heavy atom. The number of carbonyl (C=O) groups is 1. The van der Waals surface area contributed by atoms with Gasteiger partial charge in [-0.3, -0.25) is 14.8 Å². The normalized spacial score (nSPS) is 14.8. The van der Waals surface area contributed by atoms with Crippen molar-refractivity contribution >= 4 is 32.6 Å². The number of amides is 1. The largest absolute Gasteiger partial charge is 0.296 e. The number of anilines is 1. The molecule has 1 aliphatic carbocycles. The molecule has 1 amide bonds. The van der Waals surface area contributed by atoms with Gasteiger partial charge in [0.1, 0.15) is 0 Å². The first-order valence-corrected chi connectivity index (χ1v) is 9.84. The third-order valence-corrected chi connectivity index (χ3v) is 5.87. The predicted octanol–water partition coefficient (Wildman–Crippen LogP) is 4.99. The van der Waals surface area contributed by atoms with Gasteiger partial charge in [0, 0.05) is 11.6 Å². The van der Waals surface area contributed by atoms with Crippen molar-refractivity contribution in [1.82, 2.24) is 14.8 Å². The van der Waals surface area contributed by atoms with E-state index in [0.717, 1.165) is 15.8 Å². The van der Waals surface area contributed by atoms with Gasteiger partial charge in [-0.1, -0.05) is 23.5 Å². The summed E-state index contributed by atoms with van der Waals surface area (Å²) in [5, 5.41) is 8.18. The van der Waals surface area contributed by atoms with Crippen molar-refractivity contribution in [2.45, 2.75) is 58.9 Å². The Bertz CT molecular complexity index is 966. The summed E-state index contributed by atoms with van der Waals surface area (Å²) in [5.41, 5.74) is 4.75. The summed E-state index contributed by atoms with van der Waals surface area (Å²) in [5.74, 6) is 0.347. The van der Waals surface area contributed by atoms with Crippen LogP contribution in [0.1, 0.15) is 66.8 Å². The van der Waals surface area contributed by atoms with Gasteiger partial charge in [-0.15, -0.1) is 0 Å². The van der Waals surface area contributed by atoms with Gasteiger partial charge in [-0.2, -0.15) is 5.10 Å². The van der Waals surface area contributed by atoms with E-state index in [-0.39, 0.29) is 11.4 Å². The number of rotatable bonds is 3. The van der Waals surface area contributed by atoms with Crippen molar-refractivity contribution in [3.63, 3.8) is 0 Å². The molecule has 5 nitrogen and oxygen atoms in total. The average Bonchev–Trinajstić information content (AvgIpc) is 3.14. The Hall–Kier alpha value is -2.21. The van der Waals surface area contributed by atoms with Gasteiger partial charge in [0.05, 0.1) is 15.8 Å². The standard InChI is InChI=1S/C20H24N4OS/c1-11-6-7-12(2)17-16(11)21-19(26-17)22-18(25)14-10-15(13-8-9-13)24(23-14)20(3,4)5/h6-7,10,13H,8-9H2,1-5H3,(H,21,22,25). The summed E-state index contributed by atoms with van der Waals surface area (Å²) in [6.45, 7) is 10.5. The topological polar surface area (TPSA) is 59.8 Å². The monoisotopic (exact) mass is 368 g/mol. The number of fused-ring (bicyclic) bond motifs is 1. The maximum Gasteiger partial charge on any atom is 0.277 e.